The van der Waals surface area contributed by atoms with E-state index in [2.05, 4.69) is 35.4 Å². The Balaban J connectivity index is 1.97. The number of benzene rings is 1. The van der Waals surface area contributed by atoms with Crippen LogP contribution in [0.4, 0.5) is 0 Å². The minimum Gasteiger partial charge on any atom is -0.388 e. The number of thiazole rings is 1. The average molecular weight is 329 g/mol. The number of hydrogen-bond acceptors (Lipinski definition) is 3. The molecule has 0 radical (unpaired) electrons. The van der Waals surface area contributed by atoms with Gasteiger partial charge in [0.05, 0.1) is 16.3 Å². The first-order chi connectivity index (χ1) is 10.6. The first kappa shape index (κ1) is 15.4. The van der Waals surface area contributed by atoms with Crippen molar-refractivity contribution < 1.29 is 5.11 Å². The molecule has 0 saturated carbocycles. The molecule has 4 heteroatoms. The number of allylic oxidation sites excluding steroid dienone is 3. The molecule has 1 aliphatic rings. The van der Waals surface area contributed by atoms with E-state index < -0.39 is 6.10 Å². The Morgan fingerprint density at radius 1 is 1.41 bits per heavy atom. The van der Waals surface area contributed by atoms with Crippen molar-refractivity contribution in [3.05, 3.63) is 64.2 Å². The molecule has 0 fully saturated rings. The van der Waals surface area contributed by atoms with Crippen LogP contribution in [0.15, 0.2) is 60.2 Å². The lowest BCUT2D eigenvalue weighted by molar-refractivity contribution is 0.163. The lowest BCUT2D eigenvalue weighted by atomic mass is 9.86. The molecule has 22 heavy (non-hydrogen) atoms. The molecule has 1 aromatic carbocycles. The summed E-state index contributed by atoms with van der Waals surface area (Å²) in [5, 5.41) is 10.3. The van der Waals surface area contributed by atoms with Crippen LogP contribution in [-0.4, -0.2) is 15.8 Å². The van der Waals surface area contributed by atoms with Crippen molar-refractivity contribution >= 4 is 33.8 Å². The summed E-state index contributed by atoms with van der Waals surface area (Å²) in [7, 11) is 0. The van der Waals surface area contributed by atoms with Crippen molar-refractivity contribution in [2.75, 3.05) is 0 Å². The third kappa shape index (κ3) is 2.86. The number of para-hydroxylation sites is 1. The van der Waals surface area contributed by atoms with Crippen LogP contribution in [0.25, 0.3) is 10.2 Å². The predicted octanol–water partition coefficient (Wildman–Crippen LogP) is 4.87. The van der Waals surface area contributed by atoms with Gasteiger partial charge in [0.1, 0.15) is 0 Å². The zero-order valence-electron chi connectivity index (χ0n) is 12.5. The minimum atomic E-state index is -0.408. The molecule has 114 valence electrons. The van der Waals surface area contributed by atoms with E-state index in [9.17, 15) is 5.11 Å². The van der Waals surface area contributed by atoms with E-state index >= 15 is 0 Å². The summed E-state index contributed by atoms with van der Waals surface area (Å²) in [6.07, 6.45) is 6.48. The van der Waals surface area contributed by atoms with E-state index in [1.807, 2.05) is 25.1 Å². The lowest BCUT2D eigenvalue weighted by Gasteiger charge is -2.25. The molecule has 1 aromatic heterocycles. The maximum atomic E-state index is 10.3. The molecule has 3 rings (SSSR count). The number of rotatable bonds is 4. The molecular weight excluding hydrogens is 310 g/mol. The molecule has 1 N–H and O–H groups in total. The first-order valence-electron chi connectivity index (χ1n) is 7.36. The normalized spacial score (nSPS) is 21.5. The van der Waals surface area contributed by atoms with Gasteiger partial charge in [0.15, 0.2) is 3.95 Å². The topological polar surface area (TPSA) is 25.2 Å². The summed E-state index contributed by atoms with van der Waals surface area (Å²) in [6.45, 7) is 6.53. The van der Waals surface area contributed by atoms with Crippen molar-refractivity contribution in [3.8, 4) is 0 Å². The van der Waals surface area contributed by atoms with Gasteiger partial charge in [0, 0.05) is 12.5 Å². The Kier molecular flexibility index (Phi) is 4.43. The predicted molar refractivity (Wildman–Crippen MR) is 96.8 cm³/mol. The Morgan fingerprint density at radius 3 is 2.95 bits per heavy atom. The molecular formula is C18H19NOS2. The molecule has 1 heterocycles. The molecule has 1 aliphatic carbocycles. The van der Waals surface area contributed by atoms with Gasteiger partial charge < -0.3 is 9.67 Å². The largest absolute Gasteiger partial charge is 0.388 e. The van der Waals surface area contributed by atoms with Crippen molar-refractivity contribution in [3.63, 3.8) is 0 Å². The van der Waals surface area contributed by atoms with Crippen LogP contribution in [0.2, 0.25) is 0 Å². The van der Waals surface area contributed by atoms with E-state index in [1.165, 1.54) is 15.8 Å². The number of nitrogens with zero attached hydrogens (tertiary/aromatic N) is 1. The van der Waals surface area contributed by atoms with E-state index in [0.29, 0.717) is 0 Å². The molecule has 0 saturated heterocycles. The second-order valence-corrected chi connectivity index (χ2v) is 7.36. The van der Waals surface area contributed by atoms with Crippen LogP contribution < -0.4 is 0 Å². The molecule has 2 aromatic rings. The van der Waals surface area contributed by atoms with E-state index in [-0.39, 0.29) is 5.92 Å². The molecule has 2 nitrogen and oxygen atoms in total. The standard InChI is InChI=1S/C18H19NOS2/c1-3-6-14-10-13(9-12(2)17(14)20)11-19-15-7-4-5-8-16(15)22-18(19)21/h3-5,7-10,14,17,20H,1,6,11H2,2H3. The number of hydrogen-bond donors (Lipinski definition) is 1. The molecule has 2 atom stereocenters. The van der Waals surface area contributed by atoms with Crippen molar-refractivity contribution in [2.24, 2.45) is 5.92 Å². The number of aromatic nitrogens is 1. The summed E-state index contributed by atoms with van der Waals surface area (Å²) in [5.74, 6) is 0.108. The van der Waals surface area contributed by atoms with Gasteiger partial charge in [0.25, 0.3) is 0 Å². The van der Waals surface area contributed by atoms with E-state index in [4.69, 9.17) is 12.2 Å². The van der Waals surface area contributed by atoms with Crippen LogP contribution in [0.1, 0.15) is 13.3 Å². The van der Waals surface area contributed by atoms with Crippen molar-refractivity contribution in [1.82, 2.24) is 4.57 Å². The van der Waals surface area contributed by atoms with Crippen molar-refractivity contribution in [1.29, 1.82) is 0 Å². The summed E-state index contributed by atoms with van der Waals surface area (Å²) in [5.41, 5.74) is 3.39. The second-order valence-electron chi connectivity index (χ2n) is 5.68. The second kappa shape index (κ2) is 6.32. The van der Waals surface area contributed by atoms with Crippen molar-refractivity contribution in [2.45, 2.75) is 26.0 Å². The van der Waals surface area contributed by atoms with Crippen LogP contribution in [-0.2, 0) is 6.54 Å². The average Bonchev–Trinajstić information content (AvgIpc) is 2.81. The fourth-order valence-electron chi connectivity index (χ4n) is 2.96. The smallest absolute Gasteiger partial charge is 0.162 e. The number of aliphatic hydroxyl groups is 1. The quantitative estimate of drug-likeness (QED) is 0.639. The maximum absolute atomic E-state index is 10.3. The third-order valence-electron chi connectivity index (χ3n) is 4.07. The van der Waals surface area contributed by atoms with Gasteiger partial charge in [0.2, 0.25) is 0 Å². The highest BCUT2D eigenvalue weighted by molar-refractivity contribution is 7.73. The summed E-state index contributed by atoms with van der Waals surface area (Å²) in [6, 6.07) is 8.30. The highest BCUT2D eigenvalue weighted by atomic mass is 32.1. The van der Waals surface area contributed by atoms with E-state index in [1.54, 1.807) is 11.3 Å². The molecule has 0 spiro atoms. The molecule has 0 bridgehead atoms. The number of aliphatic hydroxyl groups excluding tert-OH is 1. The summed E-state index contributed by atoms with van der Waals surface area (Å²) >= 11 is 7.17. The van der Waals surface area contributed by atoms with Gasteiger partial charge in [-0.3, -0.25) is 0 Å². The van der Waals surface area contributed by atoms with Crippen LogP contribution in [0.3, 0.4) is 0 Å². The summed E-state index contributed by atoms with van der Waals surface area (Å²) in [4.78, 5) is 0. The van der Waals surface area contributed by atoms with Gasteiger partial charge in [-0.25, -0.2) is 0 Å². The van der Waals surface area contributed by atoms with Gasteiger partial charge in [-0.05, 0) is 48.8 Å². The Labute approximate surface area is 139 Å². The molecule has 2 unspecified atom stereocenters. The zero-order valence-corrected chi connectivity index (χ0v) is 14.2. The highest BCUT2D eigenvalue weighted by Crippen LogP contribution is 2.29. The van der Waals surface area contributed by atoms with Gasteiger partial charge in [-0.1, -0.05) is 30.4 Å². The maximum Gasteiger partial charge on any atom is 0.162 e. The first-order valence-corrected chi connectivity index (χ1v) is 8.59. The monoisotopic (exact) mass is 329 g/mol. The Morgan fingerprint density at radius 2 is 2.18 bits per heavy atom. The lowest BCUT2D eigenvalue weighted by Crippen LogP contribution is -2.23. The van der Waals surface area contributed by atoms with Gasteiger partial charge in [-0.2, -0.15) is 0 Å². The Bertz CT molecular complexity index is 825. The SMILES string of the molecule is C=CCC1C=C(Cn2c(=S)sc3ccccc32)C=C(C)C1O. The van der Waals surface area contributed by atoms with Crippen LogP contribution >= 0.6 is 23.6 Å². The fraction of sp³-hybridized carbons (Fsp3) is 0.278. The van der Waals surface area contributed by atoms with Gasteiger partial charge >= 0.3 is 0 Å². The van der Waals surface area contributed by atoms with Gasteiger partial charge in [-0.15, -0.1) is 17.9 Å². The Hall–Kier alpha value is -1.49. The zero-order chi connectivity index (χ0) is 15.7. The van der Waals surface area contributed by atoms with E-state index in [0.717, 1.165) is 22.5 Å². The summed E-state index contributed by atoms with van der Waals surface area (Å²) < 4.78 is 4.28. The molecule has 0 aliphatic heterocycles. The third-order valence-corrected chi connectivity index (χ3v) is 5.50. The molecule has 0 amide bonds. The number of fused-ring (bicyclic) bond motifs is 1. The fourth-order valence-corrected chi connectivity index (χ4v) is 4.29. The van der Waals surface area contributed by atoms with Crippen LogP contribution in [0, 0.1) is 9.87 Å². The highest BCUT2D eigenvalue weighted by Gasteiger charge is 2.22. The van der Waals surface area contributed by atoms with Crippen LogP contribution in [0.5, 0.6) is 0 Å². The minimum absolute atomic E-state index is 0.108.